The van der Waals surface area contributed by atoms with E-state index in [2.05, 4.69) is 27.3 Å². The molecule has 132 valence electrons. The number of fused-ring (bicyclic) bond motifs is 2. The molecule has 1 aromatic rings. The third kappa shape index (κ3) is 3.49. The van der Waals surface area contributed by atoms with Gasteiger partial charge in [0.1, 0.15) is 12.0 Å². The smallest absolute Gasteiger partial charge is 0.338 e. The summed E-state index contributed by atoms with van der Waals surface area (Å²) in [5.74, 6) is -1.21. The highest BCUT2D eigenvalue weighted by atomic mass is 32.1. The van der Waals surface area contributed by atoms with Crippen LogP contribution in [0.3, 0.4) is 0 Å². The number of hydrogen-bond acceptors (Lipinski definition) is 7. The largest absolute Gasteiger partial charge is 0.469 e. The van der Waals surface area contributed by atoms with Gasteiger partial charge in [-0.2, -0.15) is 4.99 Å². The monoisotopic (exact) mass is 360 g/mol. The molecule has 2 aliphatic heterocycles. The second-order valence-electron chi connectivity index (χ2n) is 6.44. The van der Waals surface area contributed by atoms with E-state index in [0.717, 1.165) is 12.8 Å². The Labute approximate surface area is 151 Å². The Hall–Kier alpha value is -2.08. The number of esters is 2. The Bertz CT molecular complexity index is 714. The lowest BCUT2D eigenvalue weighted by Gasteiger charge is -2.40. The standard InChI is InChI=1S/C18H20N2O4S/c1-20-13-7-8-14(20)16(18(22)23-2)15(9-13)24-17(21)11-3-5-12(6-4-11)19-10-25/h3-6,13-16H,7-9H2,1-2H3/t13-,14+,15-,16+/m0/s1. The zero-order valence-corrected chi connectivity index (χ0v) is 15.0. The van der Waals surface area contributed by atoms with Crippen molar-refractivity contribution in [3.05, 3.63) is 29.8 Å². The van der Waals surface area contributed by atoms with Crippen LogP contribution in [0.2, 0.25) is 0 Å². The van der Waals surface area contributed by atoms with Crippen LogP contribution in [-0.4, -0.2) is 54.3 Å². The minimum atomic E-state index is -0.465. The Morgan fingerprint density at radius 2 is 2.00 bits per heavy atom. The van der Waals surface area contributed by atoms with Crippen molar-refractivity contribution in [3.8, 4) is 0 Å². The van der Waals surface area contributed by atoms with Crippen molar-refractivity contribution in [1.29, 1.82) is 0 Å². The number of nitrogens with zero attached hydrogens (tertiary/aromatic N) is 2. The lowest BCUT2D eigenvalue weighted by atomic mass is 9.87. The summed E-state index contributed by atoms with van der Waals surface area (Å²) in [6.45, 7) is 0. The van der Waals surface area contributed by atoms with E-state index in [0.29, 0.717) is 23.7 Å². The zero-order chi connectivity index (χ0) is 18.0. The predicted octanol–water partition coefficient (Wildman–Crippen LogP) is 2.60. The number of hydrogen-bond donors (Lipinski definition) is 0. The highest BCUT2D eigenvalue weighted by Crippen LogP contribution is 2.40. The van der Waals surface area contributed by atoms with Gasteiger partial charge >= 0.3 is 11.9 Å². The van der Waals surface area contributed by atoms with E-state index in [-0.39, 0.29) is 12.0 Å². The topological polar surface area (TPSA) is 68.2 Å². The molecule has 1 aromatic carbocycles. The van der Waals surface area contributed by atoms with E-state index in [1.54, 1.807) is 24.3 Å². The van der Waals surface area contributed by atoms with Crippen molar-refractivity contribution in [2.75, 3.05) is 14.2 Å². The fourth-order valence-corrected chi connectivity index (χ4v) is 4.02. The number of aliphatic imine (C=N–C) groups is 1. The number of rotatable bonds is 4. The average Bonchev–Trinajstić information content (AvgIpc) is 2.85. The van der Waals surface area contributed by atoms with Crippen molar-refractivity contribution in [2.24, 2.45) is 10.9 Å². The van der Waals surface area contributed by atoms with Gasteiger partial charge in [-0.3, -0.25) is 9.69 Å². The second-order valence-corrected chi connectivity index (χ2v) is 6.62. The van der Waals surface area contributed by atoms with Gasteiger partial charge in [0.05, 0.1) is 23.5 Å². The van der Waals surface area contributed by atoms with Gasteiger partial charge < -0.3 is 9.47 Å². The number of carbonyl (C=O) groups excluding carboxylic acids is 2. The minimum absolute atomic E-state index is 0.0586. The average molecular weight is 360 g/mol. The van der Waals surface area contributed by atoms with Crippen molar-refractivity contribution in [3.63, 3.8) is 0 Å². The van der Waals surface area contributed by atoms with Crippen molar-refractivity contribution < 1.29 is 19.1 Å². The SMILES string of the molecule is COC(=O)[C@H]1[C@@H](OC(=O)c2ccc(N=C=S)cc2)C[C@@H]2CC[C@H]1N2C. The van der Waals surface area contributed by atoms with Gasteiger partial charge in [0.15, 0.2) is 0 Å². The number of ether oxygens (including phenoxy) is 2. The van der Waals surface area contributed by atoms with Crippen LogP contribution < -0.4 is 0 Å². The molecular weight excluding hydrogens is 340 g/mol. The van der Waals surface area contributed by atoms with E-state index < -0.39 is 18.0 Å². The molecule has 2 bridgehead atoms. The lowest BCUT2D eigenvalue weighted by Crippen LogP contribution is -2.53. The molecule has 25 heavy (non-hydrogen) atoms. The molecule has 0 N–H and O–H groups in total. The third-order valence-corrected chi connectivity index (χ3v) is 5.32. The molecule has 0 radical (unpaired) electrons. The molecular formula is C18H20N2O4S. The maximum absolute atomic E-state index is 12.5. The second kappa shape index (κ2) is 7.44. The minimum Gasteiger partial charge on any atom is -0.469 e. The van der Waals surface area contributed by atoms with Crippen LogP contribution in [0.1, 0.15) is 29.6 Å². The quantitative estimate of drug-likeness (QED) is 0.467. The maximum atomic E-state index is 12.5. The highest BCUT2D eigenvalue weighted by molar-refractivity contribution is 7.78. The molecule has 0 amide bonds. The first-order valence-electron chi connectivity index (χ1n) is 8.24. The molecule has 0 aliphatic carbocycles. The maximum Gasteiger partial charge on any atom is 0.338 e. The van der Waals surface area contributed by atoms with Crippen LogP contribution in [-0.2, 0) is 14.3 Å². The summed E-state index contributed by atoms with van der Waals surface area (Å²) in [6, 6.07) is 7.00. The van der Waals surface area contributed by atoms with Crippen LogP contribution >= 0.6 is 12.2 Å². The first kappa shape index (κ1) is 17.7. The molecule has 6 nitrogen and oxygen atoms in total. The lowest BCUT2D eigenvalue weighted by molar-refractivity contribution is -0.156. The van der Waals surface area contributed by atoms with Gasteiger partial charge in [-0.05, 0) is 56.4 Å². The molecule has 2 fully saturated rings. The zero-order valence-electron chi connectivity index (χ0n) is 14.2. The number of methoxy groups -OCH3 is 1. The molecule has 2 heterocycles. The van der Waals surface area contributed by atoms with Crippen molar-refractivity contribution in [2.45, 2.75) is 37.5 Å². The molecule has 0 unspecified atom stereocenters. The summed E-state index contributed by atoms with van der Waals surface area (Å²) in [7, 11) is 3.39. The predicted molar refractivity (Wildman–Crippen MR) is 95.0 cm³/mol. The van der Waals surface area contributed by atoms with E-state index in [1.807, 2.05) is 7.05 Å². The molecule has 2 aliphatic rings. The summed E-state index contributed by atoms with van der Waals surface area (Å²) in [4.78, 5) is 30.8. The van der Waals surface area contributed by atoms with Crippen molar-refractivity contribution >= 4 is 35.0 Å². The van der Waals surface area contributed by atoms with Gasteiger partial charge in [0, 0.05) is 18.5 Å². The summed E-state index contributed by atoms with van der Waals surface area (Å²) in [5, 5.41) is 2.28. The normalized spacial score (nSPS) is 28.1. The van der Waals surface area contributed by atoms with Gasteiger partial charge in [-0.1, -0.05) is 0 Å². The molecule has 0 aromatic heterocycles. The van der Waals surface area contributed by atoms with Gasteiger partial charge in [0.25, 0.3) is 0 Å². The first-order valence-corrected chi connectivity index (χ1v) is 8.64. The summed E-state index contributed by atoms with van der Waals surface area (Å²) < 4.78 is 10.7. The van der Waals surface area contributed by atoms with Gasteiger partial charge in [0.2, 0.25) is 0 Å². The highest BCUT2D eigenvalue weighted by Gasteiger charge is 2.50. The molecule has 7 heteroatoms. The van der Waals surface area contributed by atoms with Gasteiger partial charge in [-0.15, -0.1) is 0 Å². The first-order chi connectivity index (χ1) is 12.0. The molecule has 4 atom stereocenters. The number of thiocarbonyl (C=S) groups is 1. The molecule has 3 rings (SSSR count). The fourth-order valence-electron chi connectivity index (χ4n) is 3.92. The molecule has 0 saturated carbocycles. The van der Waals surface area contributed by atoms with Crippen LogP contribution in [0.4, 0.5) is 5.69 Å². The van der Waals surface area contributed by atoms with E-state index in [9.17, 15) is 9.59 Å². The number of benzene rings is 1. The van der Waals surface area contributed by atoms with Crippen molar-refractivity contribution in [1.82, 2.24) is 4.90 Å². The van der Waals surface area contributed by atoms with Gasteiger partial charge in [-0.25, -0.2) is 4.79 Å². The summed E-state index contributed by atoms with van der Waals surface area (Å²) in [5.41, 5.74) is 1.04. The number of carbonyl (C=O) groups is 2. The Morgan fingerprint density at radius 1 is 1.28 bits per heavy atom. The van der Waals surface area contributed by atoms with Crippen LogP contribution in [0.25, 0.3) is 0 Å². The van der Waals surface area contributed by atoms with Crippen LogP contribution in [0.5, 0.6) is 0 Å². The Kier molecular flexibility index (Phi) is 5.27. The summed E-state index contributed by atoms with van der Waals surface area (Å²) in [6.07, 6.45) is 2.10. The third-order valence-electron chi connectivity index (χ3n) is 5.22. The number of piperidine rings is 1. The van der Waals surface area contributed by atoms with Crippen LogP contribution in [0, 0.1) is 5.92 Å². The molecule has 2 saturated heterocycles. The van der Waals surface area contributed by atoms with Crippen LogP contribution in [0.15, 0.2) is 29.3 Å². The Morgan fingerprint density at radius 3 is 2.64 bits per heavy atom. The fraction of sp³-hybridized carbons (Fsp3) is 0.500. The van der Waals surface area contributed by atoms with E-state index >= 15 is 0 Å². The number of isothiocyanates is 1. The molecule has 0 spiro atoms. The summed E-state index contributed by atoms with van der Waals surface area (Å²) >= 11 is 4.56. The van der Waals surface area contributed by atoms with E-state index in [4.69, 9.17) is 9.47 Å². The van der Waals surface area contributed by atoms with E-state index in [1.165, 1.54) is 7.11 Å². The Balaban J connectivity index is 1.76.